The molecule has 1 rings (SSSR count). The molecule has 0 unspecified atom stereocenters. The van der Waals surface area contributed by atoms with Crippen molar-refractivity contribution in [2.24, 2.45) is 0 Å². The molecule has 0 N–H and O–H groups in total. The minimum Gasteiger partial charge on any atom is -0.296 e. The Morgan fingerprint density at radius 2 is 2.31 bits per heavy atom. The van der Waals surface area contributed by atoms with Crippen LogP contribution in [-0.4, -0.2) is 42.1 Å². The zero-order chi connectivity index (χ0) is 10.9. The number of carbonyl (C=O) groups excluding carboxylic acids is 1. The Bertz CT molecular complexity index is 451. The van der Waals surface area contributed by atoms with E-state index in [0.717, 1.165) is 10.5 Å². The normalized spacial score (nSPS) is 13.0. The van der Waals surface area contributed by atoms with Crippen molar-refractivity contribution >= 4 is 16.5 Å². The van der Waals surface area contributed by atoms with E-state index in [-0.39, 0.29) is 5.69 Å². The molecule has 0 aliphatic rings. The zero-order valence-corrected chi connectivity index (χ0v) is 7.95. The molecule has 0 fully saturated rings. The molecular weight excluding hydrogens is 194 g/mol. The fraction of sp³-hybridized carbons (Fsp3) is 0.333. The number of hydrogen-bond acceptors (Lipinski definition) is 4. The molecule has 72 valence electrons. The molecule has 0 saturated carbocycles. The summed E-state index contributed by atoms with van der Waals surface area (Å²) < 4.78 is 31.8. The van der Waals surface area contributed by atoms with E-state index < -0.39 is 16.5 Å². The highest BCUT2D eigenvalue weighted by Gasteiger charge is 2.18. The smallest absolute Gasteiger partial charge is 0.296 e. The third-order valence-electron chi connectivity index (χ3n) is 1.39. The first-order valence-electron chi connectivity index (χ1n) is 3.83. The molecule has 0 aliphatic heterocycles. The topological polar surface area (TPSA) is 72.3 Å². The van der Waals surface area contributed by atoms with Crippen LogP contribution in [0.15, 0.2) is 12.5 Å². The molecule has 7 heteroatoms. The highest BCUT2D eigenvalue weighted by atomic mass is 32.2. The van der Waals surface area contributed by atoms with Crippen LogP contribution in [0.3, 0.4) is 0 Å². The number of aromatic nitrogens is 2. The first kappa shape index (κ1) is 8.39. The Morgan fingerprint density at radius 3 is 2.77 bits per heavy atom. The summed E-state index contributed by atoms with van der Waals surface area (Å²) in [5.74, 6) is 0. The predicted octanol–water partition coefficient (Wildman–Crippen LogP) is -0.650. The molecule has 0 aliphatic carbocycles. The molecule has 0 saturated heterocycles. The van der Waals surface area contributed by atoms with Crippen LogP contribution in [0.5, 0.6) is 0 Å². The van der Waals surface area contributed by atoms with Gasteiger partial charge < -0.3 is 0 Å². The summed E-state index contributed by atoms with van der Waals surface area (Å²) in [6.45, 7) is 0. The summed E-state index contributed by atoms with van der Waals surface area (Å²) >= 11 is 0. The maximum atomic E-state index is 11.6. The zero-order valence-electron chi connectivity index (χ0n) is 8.13. The van der Waals surface area contributed by atoms with Crippen molar-refractivity contribution in [1.82, 2.24) is 13.3 Å². The molecule has 1 aromatic heterocycles. The number of aldehydes is 1. The number of imidazole rings is 1. The first-order valence-corrected chi connectivity index (χ1v) is 4.73. The predicted molar refractivity (Wildman–Crippen MR) is 45.6 cm³/mol. The summed E-state index contributed by atoms with van der Waals surface area (Å²) in [5, 5.41) is 0. The van der Waals surface area contributed by atoms with Gasteiger partial charge in [-0.25, -0.2) is 8.96 Å². The quantitative estimate of drug-likeness (QED) is 0.615. The van der Waals surface area contributed by atoms with Crippen LogP contribution in [0, 0.1) is 0 Å². The van der Waals surface area contributed by atoms with E-state index in [0.29, 0.717) is 10.3 Å². The van der Waals surface area contributed by atoms with E-state index in [9.17, 15) is 13.2 Å². The number of nitrogens with zero attached hydrogens (tertiary/aromatic N) is 3. The van der Waals surface area contributed by atoms with Gasteiger partial charge in [-0.05, 0) is 0 Å². The van der Waals surface area contributed by atoms with Crippen molar-refractivity contribution in [2.45, 2.75) is 0 Å². The lowest BCUT2D eigenvalue weighted by Gasteiger charge is -2.11. The minimum absolute atomic E-state index is 0.163. The molecule has 1 heterocycles. The third kappa shape index (κ3) is 1.61. The molecule has 13 heavy (non-hydrogen) atoms. The van der Waals surface area contributed by atoms with Gasteiger partial charge in [-0.3, -0.25) is 4.79 Å². The van der Waals surface area contributed by atoms with Gasteiger partial charge in [0.2, 0.25) is 0 Å². The Labute approximate surface area is 77.4 Å². The van der Waals surface area contributed by atoms with Crippen molar-refractivity contribution in [3.05, 3.63) is 18.2 Å². The van der Waals surface area contributed by atoms with Crippen molar-refractivity contribution < 1.29 is 14.6 Å². The number of hydrogen-bond donors (Lipinski definition) is 0. The third-order valence-corrected chi connectivity index (χ3v) is 3.07. The van der Waals surface area contributed by atoms with E-state index in [1.165, 1.54) is 14.1 Å². The van der Waals surface area contributed by atoms with Crippen LogP contribution < -0.4 is 0 Å². The van der Waals surface area contributed by atoms with E-state index >= 15 is 0 Å². The summed E-state index contributed by atoms with van der Waals surface area (Å²) in [6.07, 6.45) is 0.892. The van der Waals surface area contributed by atoms with Crippen molar-refractivity contribution in [2.75, 3.05) is 14.1 Å². The van der Waals surface area contributed by atoms with Gasteiger partial charge in [0, 0.05) is 14.1 Å². The second-order valence-corrected chi connectivity index (χ2v) is 4.45. The molecule has 0 bridgehead atoms. The summed E-state index contributed by atoms with van der Waals surface area (Å²) in [5.41, 5.74) is -0.163. The average molecular weight is 205 g/mol. The fourth-order valence-electron chi connectivity index (χ4n) is 0.684. The number of carbonyl (C=O) groups is 1. The van der Waals surface area contributed by atoms with Gasteiger partial charge in [-0.2, -0.15) is 12.7 Å². The van der Waals surface area contributed by atoms with E-state index in [1.54, 1.807) is 0 Å². The molecular formula is C6H9N3O3S. The van der Waals surface area contributed by atoms with Crippen LogP contribution >= 0.6 is 0 Å². The molecule has 0 aromatic carbocycles. The van der Waals surface area contributed by atoms with E-state index in [4.69, 9.17) is 1.37 Å². The lowest BCUT2D eigenvalue weighted by molar-refractivity contribution is 0.111. The molecule has 6 nitrogen and oxygen atoms in total. The van der Waals surface area contributed by atoms with E-state index in [1.807, 2.05) is 0 Å². The largest absolute Gasteiger partial charge is 0.308 e. The van der Waals surface area contributed by atoms with Crippen molar-refractivity contribution in [3.8, 4) is 0 Å². The summed E-state index contributed by atoms with van der Waals surface area (Å²) in [7, 11) is -1.22. The molecule has 1 aromatic rings. The monoisotopic (exact) mass is 205 g/mol. The minimum atomic E-state index is -3.84. The summed E-state index contributed by atoms with van der Waals surface area (Å²) in [6, 6.07) is 0. The van der Waals surface area contributed by atoms with Gasteiger partial charge in [0.25, 0.3) is 0 Å². The Kier molecular flexibility index (Phi) is 2.11. The Balaban J connectivity index is 3.45. The van der Waals surface area contributed by atoms with Crippen LogP contribution in [0.2, 0.25) is 0 Å². The van der Waals surface area contributed by atoms with Gasteiger partial charge in [-0.1, -0.05) is 0 Å². The average Bonchev–Trinajstić information content (AvgIpc) is 2.46. The fourth-order valence-corrected chi connectivity index (χ4v) is 1.52. The van der Waals surface area contributed by atoms with Crippen molar-refractivity contribution in [1.29, 1.82) is 0 Å². The SMILES string of the molecule is [3H]c1ncc(C=O)n1S(=O)(=O)N(C)C. The first-order chi connectivity index (χ1) is 6.41. The van der Waals surface area contributed by atoms with Gasteiger partial charge >= 0.3 is 10.2 Å². The van der Waals surface area contributed by atoms with Gasteiger partial charge in [0.05, 0.1) is 6.20 Å². The second-order valence-electron chi connectivity index (χ2n) is 2.46. The Morgan fingerprint density at radius 1 is 1.69 bits per heavy atom. The van der Waals surface area contributed by atoms with Gasteiger partial charge in [0.15, 0.2) is 6.29 Å². The lowest BCUT2D eigenvalue weighted by atomic mass is 10.6. The summed E-state index contributed by atoms with van der Waals surface area (Å²) in [4.78, 5) is 13.9. The molecule has 0 atom stereocenters. The Hall–Kier alpha value is -1.21. The van der Waals surface area contributed by atoms with E-state index in [2.05, 4.69) is 4.98 Å². The maximum Gasteiger partial charge on any atom is 0.308 e. The number of rotatable bonds is 3. The van der Waals surface area contributed by atoms with Gasteiger partial charge in [-0.15, -0.1) is 0 Å². The highest BCUT2D eigenvalue weighted by Crippen LogP contribution is 2.03. The molecule has 0 radical (unpaired) electrons. The maximum absolute atomic E-state index is 11.6. The second kappa shape index (κ2) is 3.27. The van der Waals surface area contributed by atoms with Crippen LogP contribution in [0.4, 0.5) is 0 Å². The molecule has 0 spiro atoms. The lowest BCUT2D eigenvalue weighted by Crippen LogP contribution is -2.29. The van der Waals surface area contributed by atoms with Gasteiger partial charge in [0.1, 0.15) is 13.4 Å². The standard InChI is InChI=1S/C6H9N3O3S/c1-8(2)13(11,12)9-5-7-3-6(9)4-10/h3-5H,1-2H3/i5T. The van der Waals surface area contributed by atoms with Crippen LogP contribution in [-0.2, 0) is 10.2 Å². The molecule has 0 amide bonds. The van der Waals surface area contributed by atoms with Crippen LogP contribution in [0.1, 0.15) is 11.9 Å². The van der Waals surface area contributed by atoms with Crippen LogP contribution in [0.25, 0.3) is 0 Å². The highest BCUT2D eigenvalue weighted by molar-refractivity contribution is 7.87. The van der Waals surface area contributed by atoms with Crippen molar-refractivity contribution in [3.63, 3.8) is 0 Å².